The number of carbonyl (C=O) groups excluding carboxylic acids is 2. The Kier molecular flexibility index (Phi) is 11.9. The molecule has 1 N–H and O–H groups in total. The van der Waals surface area contributed by atoms with Crippen molar-refractivity contribution in [2.75, 3.05) is 32.9 Å². The zero-order valence-electron chi connectivity index (χ0n) is 25.6. The van der Waals surface area contributed by atoms with Crippen molar-refractivity contribution in [3.63, 3.8) is 0 Å². The molecule has 1 aliphatic rings. The van der Waals surface area contributed by atoms with Gasteiger partial charge in [-0.3, -0.25) is 9.59 Å². The van der Waals surface area contributed by atoms with E-state index < -0.39 is 22.0 Å². The molecule has 9 nitrogen and oxygen atoms in total. The van der Waals surface area contributed by atoms with Crippen LogP contribution in [0.15, 0.2) is 108 Å². The van der Waals surface area contributed by atoms with Crippen LogP contribution in [0.5, 0.6) is 5.75 Å². The predicted molar refractivity (Wildman–Crippen MR) is 181 cm³/mol. The minimum absolute atomic E-state index is 0.127. The molecule has 1 atom stereocenters. The van der Waals surface area contributed by atoms with Gasteiger partial charge in [0.2, 0.25) is 15.9 Å². The Bertz CT molecular complexity index is 1730. The highest BCUT2D eigenvalue weighted by atomic mass is 35.5. The highest BCUT2D eigenvalue weighted by Crippen LogP contribution is 2.22. The van der Waals surface area contributed by atoms with Crippen molar-refractivity contribution in [1.29, 1.82) is 0 Å². The average molecular weight is 697 g/mol. The van der Waals surface area contributed by atoms with Gasteiger partial charge in [0, 0.05) is 42.6 Å². The molecular formula is C35H35Cl2N3O6S. The van der Waals surface area contributed by atoms with Crippen molar-refractivity contribution in [3.05, 3.63) is 130 Å². The minimum atomic E-state index is -3.68. The summed E-state index contributed by atoms with van der Waals surface area (Å²) in [6.07, 6.45) is 0.265. The molecule has 0 aliphatic carbocycles. The molecule has 1 fully saturated rings. The van der Waals surface area contributed by atoms with Crippen molar-refractivity contribution >= 4 is 45.0 Å². The van der Waals surface area contributed by atoms with Crippen LogP contribution in [0, 0.1) is 0 Å². The number of ether oxygens (including phenoxy) is 2. The molecule has 12 heteroatoms. The second-order valence-corrected chi connectivity index (χ2v) is 13.8. The highest BCUT2D eigenvalue weighted by molar-refractivity contribution is 7.89. The molecule has 0 aromatic heterocycles. The number of amides is 2. The van der Waals surface area contributed by atoms with Gasteiger partial charge < -0.3 is 19.7 Å². The fraction of sp³-hybridized carbons (Fsp3) is 0.257. The molecule has 1 unspecified atom stereocenters. The van der Waals surface area contributed by atoms with Gasteiger partial charge in [-0.1, -0.05) is 77.8 Å². The van der Waals surface area contributed by atoms with E-state index in [0.29, 0.717) is 29.0 Å². The standard InChI is InChI=1S/C35H35Cl2N3O6S/c36-29-10-6-27(7-11-29)23-38-35(42)33(22-26-4-2-1-3-5-26)40(24-28-8-12-30(37)13-9-28)34(41)25-46-31-14-16-32(17-15-31)47(43,44)39-18-20-45-21-19-39/h1-17,33H,18-25H2,(H,38,42). The second kappa shape index (κ2) is 16.3. The maximum atomic E-state index is 13.9. The quantitative estimate of drug-likeness (QED) is 0.202. The van der Waals surface area contributed by atoms with Crippen LogP contribution in [0.2, 0.25) is 10.0 Å². The monoisotopic (exact) mass is 695 g/mol. The normalized spacial score (nSPS) is 14.3. The first-order valence-corrected chi connectivity index (χ1v) is 17.3. The summed E-state index contributed by atoms with van der Waals surface area (Å²) < 4.78 is 38.5. The van der Waals surface area contributed by atoms with E-state index in [-0.39, 0.29) is 50.0 Å². The topological polar surface area (TPSA) is 105 Å². The Morgan fingerprint density at radius 3 is 2.02 bits per heavy atom. The summed E-state index contributed by atoms with van der Waals surface area (Å²) in [4.78, 5) is 29.4. The minimum Gasteiger partial charge on any atom is -0.484 e. The fourth-order valence-corrected chi connectivity index (χ4v) is 6.78. The fourth-order valence-electron chi connectivity index (χ4n) is 5.12. The van der Waals surface area contributed by atoms with Gasteiger partial charge in [-0.05, 0) is 65.2 Å². The molecule has 5 rings (SSSR count). The molecule has 1 saturated heterocycles. The molecule has 47 heavy (non-hydrogen) atoms. The van der Waals surface area contributed by atoms with E-state index in [1.54, 1.807) is 24.3 Å². The van der Waals surface area contributed by atoms with E-state index in [1.807, 2.05) is 54.6 Å². The number of benzene rings is 4. The Morgan fingerprint density at radius 2 is 1.40 bits per heavy atom. The lowest BCUT2D eigenvalue weighted by Crippen LogP contribution is -2.51. The zero-order chi connectivity index (χ0) is 33.2. The van der Waals surface area contributed by atoms with Crippen molar-refractivity contribution in [2.24, 2.45) is 0 Å². The van der Waals surface area contributed by atoms with E-state index in [4.69, 9.17) is 32.7 Å². The third-order valence-corrected chi connectivity index (χ3v) is 10.1. The van der Waals surface area contributed by atoms with Gasteiger partial charge in [-0.25, -0.2) is 8.42 Å². The molecule has 0 radical (unpaired) electrons. The Morgan fingerprint density at radius 1 is 0.809 bits per heavy atom. The van der Waals surface area contributed by atoms with Crippen LogP contribution in [0.3, 0.4) is 0 Å². The van der Waals surface area contributed by atoms with Crippen LogP contribution in [0.4, 0.5) is 0 Å². The van der Waals surface area contributed by atoms with Gasteiger partial charge in [0.15, 0.2) is 6.61 Å². The number of nitrogens with one attached hydrogen (secondary N) is 1. The van der Waals surface area contributed by atoms with Crippen molar-refractivity contribution < 1.29 is 27.5 Å². The van der Waals surface area contributed by atoms with Gasteiger partial charge in [-0.2, -0.15) is 4.31 Å². The third-order valence-electron chi connectivity index (χ3n) is 7.71. The first-order valence-electron chi connectivity index (χ1n) is 15.1. The summed E-state index contributed by atoms with van der Waals surface area (Å²) in [5.41, 5.74) is 2.52. The Labute approximate surface area is 285 Å². The van der Waals surface area contributed by atoms with Gasteiger partial charge in [-0.15, -0.1) is 0 Å². The zero-order valence-corrected chi connectivity index (χ0v) is 27.9. The van der Waals surface area contributed by atoms with E-state index in [0.717, 1.165) is 16.7 Å². The first-order chi connectivity index (χ1) is 22.7. The molecule has 4 aromatic carbocycles. The molecule has 1 heterocycles. The summed E-state index contributed by atoms with van der Waals surface area (Å²) in [6, 6.07) is 28.8. The maximum Gasteiger partial charge on any atom is 0.261 e. The van der Waals surface area contributed by atoms with Gasteiger partial charge in [0.25, 0.3) is 5.91 Å². The smallest absolute Gasteiger partial charge is 0.261 e. The summed E-state index contributed by atoms with van der Waals surface area (Å²) in [5, 5.41) is 4.13. The van der Waals surface area contributed by atoms with Gasteiger partial charge in [0.05, 0.1) is 18.1 Å². The molecule has 246 valence electrons. The van der Waals surface area contributed by atoms with Crippen LogP contribution >= 0.6 is 23.2 Å². The van der Waals surface area contributed by atoms with Crippen LogP contribution in [-0.2, 0) is 43.9 Å². The maximum absolute atomic E-state index is 13.9. The number of morpholine rings is 1. The average Bonchev–Trinajstić information content (AvgIpc) is 3.10. The lowest BCUT2D eigenvalue weighted by Gasteiger charge is -2.31. The second-order valence-electron chi connectivity index (χ2n) is 11.0. The summed E-state index contributed by atoms with van der Waals surface area (Å²) in [6.45, 7) is 1.27. The molecule has 4 aromatic rings. The van der Waals surface area contributed by atoms with Gasteiger partial charge in [0.1, 0.15) is 11.8 Å². The molecule has 1 aliphatic heterocycles. The summed E-state index contributed by atoms with van der Waals surface area (Å²) in [7, 11) is -3.68. The first kappa shape index (κ1) is 34.4. The van der Waals surface area contributed by atoms with E-state index in [9.17, 15) is 18.0 Å². The number of rotatable bonds is 13. The van der Waals surface area contributed by atoms with Crippen molar-refractivity contribution in [2.45, 2.75) is 30.4 Å². The van der Waals surface area contributed by atoms with Crippen LogP contribution in [0.1, 0.15) is 16.7 Å². The summed E-state index contributed by atoms with van der Waals surface area (Å²) >= 11 is 12.2. The number of carbonyl (C=O) groups is 2. The number of nitrogens with zero attached hydrogens (tertiary/aromatic N) is 2. The molecule has 0 saturated carbocycles. The van der Waals surface area contributed by atoms with Crippen molar-refractivity contribution in [3.8, 4) is 5.75 Å². The number of sulfonamides is 1. The molecule has 0 spiro atoms. The molecule has 0 bridgehead atoms. The highest BCUT2D eigenvalue weighted by Gasteiger charge is 2.31. The summed E-state index contributed by atoms with van der Waals surface area (Å²) in [5.74, 6) is -0.436. The van der Waals surface area contributed by atoms with Crippen LogP contribution in [-0.4, -0.2) is 68.4 Å². The van der Waals surface area contributed by atoms with Crippen LogP contribution < -0.4 is 10.1 Å². The van der Waals surface area contributed by atoms with Crippen LogP contribution in [0.25, 0.3) is 0 Å². The number of hydrogen-bond acceptors (Lipinski definition) is 6. The Hall–Kier alpha value is -3.93. The van der Waals surface area contributed by atoms with E-state index in [1.165, 1.54) is 33.5 Å². The lowest BCUT2D eigenvalue weighted by molar-refractivity contribution is -0.142. The molecule has 2 amide bonds. The number of halogens is 2. The third kappa shape index (κ3) is 9.56. The molecular weight excluding hydrogens is 661 g/mol. The van der Waals surface area contributed by atoms with E-state index in [2.05, 4.69) is 5.32 Å². The van der Waals surface area contributed by atoms with Gasteiger partial charge >= 0.3 is 0 Å². The SMILES string of the molecule is O=C(NCc1ccc(Cl)cc1)C(Cc1ccccc1)N(Cc1ccc(Cl)cc1)C(=O)COc1ccc(S(=O)(=O)N2CCOCC2)cc1. The van der Waals surface area contributed by atoms with E-state index >= 15 is 0 Å². The van der Waals surface area contributed by atoms with Crippen molar-refractivity contribution in [1.82, 2.24) is 14.5 Å². The lowest BCUT2D eigenvalue weighted by atomic mass is 10.0. The Balaban J connectivity index is 1.35. The largest absolute Gasteiger partial charge is 0.484 e. The predicted octanol–water partition coefficient (Wildman–Crippen LogP) is 5.35. The number of hydrogen-bond donors (Lipinski definition) is 1.